The van der Waals surface area contributed by atoms with Gasteiger partial charge in [0.2, 0.25) is 0 Å². The molecule has 3 rings (SSSR count). The number of aromatic nitrogens is 1. The Hall–Kier alpha value is -0.200. The highest BCUT2D eigenvalue weighted by atomic mass is 127. The highest BCUT2D eigenvalue weighted by molar-refractivity contribution is 14.1. The van der Waals surface area contributed by atoms with Crippen molar-refractivity contribution in [1.29, 1.82) is 0 Å². The summed E-state index contributed by atoms with van der Waals surface area (Å²) < 4.78 is 13.2. The Labute approximate surface area is 134 Å². The van der Waals surface area contributed by atoms with E-state index in [9.17, 15) is 0 Å². The number of alkyl halides is 1. The van der Waals surface area contributed by atoms with Crippen LogP contribution >= 0.6 is 22.6 Å². The highest BCUT2D eigenvalue weighted by Gasteiger charge is 2.65. The molecule has 2 aliphatic rings. The van der Waals surface area contributed by atoms with E-state index in [4.69, 9.17) is 9.47 Å². The van der Waals surface area contributed by atoms with Gasteiger partial charge in [-0.3, -0.25) is 4.98 Å². The predicted octanol–water partition coefficient (Wildman–Crippen LogP) is 3.75. The minimum Gasteiger partial charge on any atom is -0.370 e. The first-order valence-electron chi connectivity index (χ1n) is 7.31. The van der Waals surface area contributed by atoms with Crippen LogP contribution in [-0.4, -0.2) is 26.2 Å². The van der Waals surface area contributed by atoms with E-state index in [1.54, 1.807) is 6.20 Å². The first-order valence-corrected chi connectivity index (χ1v) is 8.55. The van der Waals surface area contributed by atoms with Gasteiger partial charge in [0.1, 0.15) is 0 Å². The molecule has 0 unspecified atom stereocenters. The lowest BCUT2D eigenvalue weighted by Gasteiger charge is -2.35. The van der Waals surface area contributed by atoms with Gasteiger partial charge in [-0.25, -0.2) is 0 Å². The summed E-state index contributed by atoms with van der Waals surface area (Å²) >= 11 is 2.56. The Morgan fingerprint density at radius 2 is 2.30 bits per heavy atom. The molecular formula is C16H22INO2. The van der Waals surface area contributed by atoms with Gasteiger partial charge in [-0.05, 0) is 30.9 Å². The van der Waals surface area contributed by atoms with Crippen molar-refractivity contribution in [2.75, 3.05) is 0 Å². The first kappa shape index (κ1) is 14.7. The molecule has 20 heavy (non-hydrogen) atoms. The van der Waals surface area contributed by atoms with Crippen LogP contribution in [0.25, 0.3) is 0 Å². The summed E-state index contributed by atoms with van der Waals surface area (Å²) in [5, 5.41) is 0. The van der Waals surface area contributed by atoms with Crippen molar-refractivity contribution < 1.29 is 9.47 Å². The molecular weight excluding hydrogens is 365 g/mol. The molecule has 0 radical (unpaired) electrons. The lowest BCUT2D eigenvalue weighted by Crippen LogP contribution is -2.44. The summed E-state index contributed by atoms with van der Waals surface area (Å²) in [5.74, 6) is 0.526. The lowest BCUT2D eigenvalue weighted by molar-refractivity contribution is -0.0954. The first-order chi connectivity index (χ1) is 9.46. The second-order valence-corrected chi connectivity index (χ2v) is 8.06. The Morgan fingerprint density at radius 1 is 1.50 bits per heavy atom. The minimum atomic E-state index is -0.127. The summed E-state index contributed by atoms with van der Waals surface area (Å²) in [7, 11) is 0. The third-order valence-electron chi connectivity index (χ3n) is 4.87. The molecule has 0 aliphatic carbocycles. The Kier molecular flexibility index (Phi) is 3.84. The van der Waals surface area contributed by atoms with Crippen molar-refractivity contribution in [3.05, 3.63) is 30.1 Å². The molecule has 0 amide bonds. The number of halogens is 1. The molecule has 2 bridgehead atoms. The highest BCUT2D eigenvalue weighted by Crippen LogP contribution is 2.57. The third kappa shape index (κ3) is 2.29. The van der Waals surface area contributed by atoms with Gasteiger partial charge in [0, 0.05) is 22.7 Å². The summed E-state index contributed by atoms with van der Waals surface area (Å²) in [5.41, 5.74) is 0.997. The fourth-order valence-electron chi connectivity index (χ4n) is 3.57. The van der Waals surface area contributed by atoms with Gasteiger partial charge in [0.05, 0.1) is 23.9 Å². The summed E-state index contributed by atoms with van der Waals surface area (Å²) in [6.07, 6.45) is 5.95. The smallest absolute Gasteiger partial charge is 0.0935 e. The quantitative estimate of drug-likeness (QED) is 0.583. The number of fused-ring (bicyclic) bond motifs is 2. The topological polar surface area (TPSA) is 31.4 Å². The lowest BCUT2D eigenvalue weighted by atomic mass is 9.75. The third-order valence-corrected chi connectivity index (χ3v) is 6.37. The molecule has 0 saturated carbocycles. The van der Waals surface area contributed by atoms with E-state index in [1.165, 1.54) is 0 Å². The van der Waals surface area contributed by atoms with Gasteiger partial charge < -0.3 is 9.47 Å². The zero-order valence-corrected chi connectivity index (χ0v) is 14.5. The zero-order valence-electron chi connectivity index (χ0n) is 12.3. The minimum absolute atomic E-state index is 0.00505. The van der Waals surface area contributed by atoms with Crippen molar-refractivity contribution in [2.45, 2.75) is 61.5 Å². The van der Waals surface area contributed by atoms with Gasteiger partial charge in [0.15, 0.2) is 0 Å². The molecule has 2 aliphatic heterocycles. The molecule has 4 atom stereocenters. The molecule has 0 spiro atoms. The van der Waals surface area contributed by atoms with Gasteiger partial charge >= 0.3 is 0 Å². The maximum atomic E-state index is 6.47. The second-order valence-electron chi connectivity index (χ2n) is 6.56. The molecule has 2 saturated heterocycles. The van der Waals surface area contributed by atoms with Crippen LogP contribution in [0.2, 0.25) is 0 Å². The van der Waals surface area contributed by atoms with E-state index in [1.807, 2.05) is 12.3 Å². The van der Waals surface area contributed by atoms with E-state index < -0.39 is 0 Å². The van der Waals surface area contributed by atoms with Gasteiger partial charge in [0.25, 0.3) is 0 Å². The van der Waals surface area contributed by atoms with Crippen molar-refractivity contribution >= 4 is 22.6 Å². The number of ether oxygens (including phenoxy) is 2. The van der Waals surface area contributed by atoms with E-state index in [-0.39, 0.29) is 17.3 Å². The number of nitrogens with zero attached hydrogens (tertiary/aromatic N) is 1. The van der Waals surface area contributed by atoms with Crippen LogP contribution < -0.4 is 0 Å². The van der Waals surface area contributed by atoms with Crippen molar-refractivity contribution in [3.8, 4) is 0 Å². The second kappa shape index (κ2) is 5.21. The molecule has 1 aromatic heterocycles. The SMILES string of the molecule is CC(C)[C@]12C[C@@H](OCc3cccnc3)[C@](C)(C[C@@H]1I)O2. The molecule has 0 aromatic carbocycles. The largest absolute Gasteiger partial charge is 0.370 e. The normalized spacial score (nSPS) is 39.6. The Bertz CT molecular complexity index is 481. The number of rotatable bonds is 4. The molecule has 110 valence electrons. The van der Waals surface area contributed by atoms with E-state index in [0.29, 0.717) is 16.4 Å². The molecule has 3 nitrogen and oxygen atoms in total. The van der Waals surface area contributed by atoms with Crippen LogP contribution in [0.15, 0.2) is 24.5 Å². The number of pyridine rings is 1. The van der Waals surface area contributed by atoms with Crippen LogP contribution in [0.4, 0.5) is 0 Å². The van der Waals surface area contributed by atoms with E-state index >= 15 is 0 Å². The fourth-order valence-corrected chi connectivity index (χ4v) is 5.55. The summed E-state index contributed by atoms with van der Waals surface area (Å²) in [4.78, 5) is 4.14. The van der Waals surface area contributed by atoms with Gasteiger partial charge in [-0.1, -0.05) is 42.5 Å². The van der Waals surface area contributed by atoms with Crippen LogP contribution in [0, 0.1) is 5.92 Å². The summed E-state index contributed by atoms with van der Waals surface area (Å²) in [6, 6.07) is 4.01. The monoisotopic (exact) mass is 387 g/mol. The van der Waals surface area contributed by atoms with Crippen LogP contribution in [-0.2, 0) is 16.1 Å². The van der Waals surface area contributed by atoms with Crippen LogP contribution in [0.5, 0.6) is 0 Å². The average molecular weight is 387 g/mol. The Morgan fingerprint density at radius 3 is 2.90 bits per heavy atom. The maximum Gasteiger partial charge on any atom is 0.0935 e. The average Bonchev–Trinajstić information content (AvgIpc) is 2.85. The number of hydrogen-bond donors (Lipinski definition) is 0. The molecule has 3 heterocycles. The van der Waals surface area contributed by atoms with Gasteiger partial charge in [-0.15, -0.1) is 0 Å². The van der Waals surface area contributed by atoms with E-state index in [0.717, 1.165) is 18.4 Å². The van der Waals surface area contributed by atoms with Crippen LogP contribution in [0.3, 0.4) is 0 Å². The van der Waals surface area contributed by atoms with Gasteiger partial charge in [-0.2, -0.15) is 0 Å². The Balaban J connectivity index is 1.71. The van der Waals surface area contributed by atoms with E-state index in [2.05, 4.69) is 54.4 Å². The predicted molar refractivity (Wildman–Crippen MR) is 86.9 cm³/mol. The van der Waals surface area contributed by atoms with Crippen molar-refractivity contribution in [1.82, 2.24) is 4.98 Å². The molecule has 4 heteroatoms. The zero-order chi connectivity index (χ0) is 14.4. The van der Waals surface area contributed by atoms with Crippen molar-refractivity contribution in [2.24, 2.45) is 5.92 Å². The van der Waals surface area contributed by atoms with Crippen molar-refractivity contribution in [3.63, 3.8) is 0 Å². The molecule has 1 aromatic rings. The fraction of sp³-hybridized carbons (Fsp3) is 0.688. The number of hydrogen-bond acceptors (Lipinski definition) is 3. The molecule has 2 fully saturated rings. The van der Waals surface area contributed by atoms with Crippen LogP contribution in [0.1, 0.15) is 39.2 Å². The standard InChI is InChI=1S/C16H22INO2/c1-11(2)16-8-14(15(3,20-16)7-13(16)17)19-10-12-5-4-6-18-9-12/h4-6,9,11,13-14H,7-8,10H2,1-3H3/t13-,14+,15-,16+/m0/s1. The molecule has 0 N–H and O–H groups in total. The maximum absolute atomic E-state index is 6.47. The summed E-state index contributed by atoms with van der Waals surface area (Å²) in [6.45, 7) is 7.36.